The molecule has 0 radical (unpaired) electrons. The summed E-state index contributed by atoms with van der Waals surface area (Å²) in [7, 11) is -3.87. The van der Waals surface area contributed by atoms with Gasteiger partial charge >= 0.3 is 11.9 Å². The number of carbonyl (C=O) groups is 2. The van der Waals surface area contributed by atoms with Gasteiger partial charge in [0.15, 0.2) is 18.2 Å². The van der Waals surface area contributed by atoms with Gasteiger partial charge in [-0.1, -0.05) is 0 Å². The molecule has 0 spiro atoms. The van der Waals surface area contributed by atoms with Gasteiger partial charge in [-0.2, -0.15) is 8.42 Å². The average molecular weight is 382 g/mol. The second-order valence-electron chi connectivity index (χ2n) is 6.28. The lowest BCUT2D eigenvalue weighted by molar-refractivity contribution is -0.229. The number of hydrogen-bond acceptors (Lipinski definition) is 10. The van der Waals surface area contributed by atoms with Gasteiger partial charge in [0.1, 0.15) is 24.9 Å². The van der Waals surface area contributed by atoms with Crippen LogP contribution in [0, 0.1) is 0 Å². The quantitative estimate of drug-likeness (QED) is 0.447. The molecule has 0 unspecified atom stereocenters. The first-order valence-corrected chi connectivity index (χ1v) is 9.39. The molecular formula is C14H22O10S. The molecule has 0 amide bonds. The van der Waals surface area contributed by atoms with Gasteiger partial charge in [0.25, 0.3) is 10.1 Å². The van der Waals surface area contributed by atoms with Crippen LogP contribution in [0.3, 0.4) is 0 Å². The van der Waals surface area contributed by atoms with E-state index in [0.717, 1.165) is 6.26 Å². The van der Waals surface area contributed by atoms with Crippen LogP contribution >= 0.6 is 0 Å². The summed E-state index contributed by atoms with van der Waals surface area (Å²) >= 11 is 0. The van der Waals surface area contributed by atoms with Crippen LogP contribution in [0.15, 0.2) is 0 Å². The van der Waals surface area contributed by atoms with Gasteiger partial charge in [0.2, 0.25) is 0 Å². The van der Waals surface area contributed by atoms with E-state index in [1.165, 1.54) is 13.8 Å². The fraction of sp³-hybridized carbons (Fsp3) is 0.857. The van der Waals surface area contributed by atoms with Crippen molar-refractivity contribution in [3.8, 4) is 0 Å². The first-order chi connectivity index (χ1) is 11.4. The topological polar surface area (TPSA) is 124 Å². The molecule has 11 heteroatoms. The van der Waals surface area contributed by atoms with E-state index in [1.807, 2.05) is 0 Å². The number of rotatable bonds is 6. The van der Waals surface area contributed by atoms with Crippen molar-refractivity contribution in [2.45, 2.75) is 64.2 Å². The second-order valence-corrected chi connectivity index (χ2v) is 7.89. The molecule has 2 fully saturated rings. The van der Waals surface area contributed by atoms with Crippen LogP contribution in [-0.4, -0.2) is 69.7 Å². The summed E-state index contributed by atoms with van der Waals surface area (Å²) in [5.41, 5.74) is 0. The highest BCUT2D eigenvalue weighted by Gasteiger charge is 2.59. The van der Waals surface area contributed by atoms with E-state index < -0.39 is 58.5 Å². The smallest absolute Gasteiger partial charge is 0.303 e. The van der Waals surface area contributed by atoms with Gasteiger partial charge in [-0.25, -0.2) is 0 Å². The van der Waals surface area contributed by atoms with Gasteiger partial charge in [0, 0.05) is 13.8 Å². The van der Waals surface area contributed by atoms with Crippen LogP contribution in [-0.2, 0) is 47.6 Å². The lowest BCUT2D eigenvalue weighted by Gasteiger charge is -2.29. The molecule has 10 nitrogen and oxygen atoms in total. The van der Waals surface area contributed by atoms with Crippen molar-refractivity contribution in [3.63, 3.8) is 0 Å². The van der Waals surface area contributed by atoms with Crippen LogP contribution < -0.4 is 0 Å². The molecule has 2 aliphatic heterocycles. The fourth-order valence-corrected chi connectivity index (χ4v) is 3.35. The fourth-order valence-electron chi connectivity index (χ4n) is 2.72. The van der Waals surface area contributed by atoms with Crippen LogP contribution in [0.2, 0.25) is 0 Å². The Morgan fingerprint density at radius 2 is 1.80 bits per heavy atom. The van der Waals surface area contributed by atoms with E-state index in [2.05, 4.69) is 0 Å². The van der Waals surface area contributed by atoms with Crippen molar-refractivity contribution in [1.29, 1.82) is 0 Å². The summed E-state index contributed by atoms with van der Waals surface area (Å²) < 4.78 is 55.2. The highest BCUT2D eigenvalue weighted by molar-refractivity contribution is 7.86. The van der Waals surface area contributed by atoms with E-state index in [9.17, 15) is 18.0 Å². The predicted molar refractivity (Wildman–Crippen MR) is 80.6 cm³/mol. The van der Waals surface area contributed by atoms with E-state index in [-0.39, 0.29) is 6.61 Å². The van der Waals surface area contributed by atoms with Crippen molar-refractivity contribution < 1.29 is 45.9 Å². The Labute approximate surface area is 145 Å². The summed E-state index contributed by atoms with van der Waals surface area (Å²) in [6.45, 7) is 5.31. The molecule has 144 valence electrons. The van der Waals surface area contributed by atoms with E-state index >= 15 is 0 Å². The first kappa shape index (κ1) is 20.0. The molecule has 25 heavy (non-hydrogen) atoms. The van der Waals surface area contributed by atoms with Gasteiger partial charge in [0.05, 0.1) is 6.26 Å². The number of fused-ring (bicyclic) bond motifs is 1. The highest BCUT2D eigenvalue weighted by atomic mass is 32.2. The molecule has 2 heterocycles. The number of esters is 2. The molecule has 0 bridgehead atoms. The average Bonchev–Trinajstić information content (AvgIpc) is 2.86. The Kier molecular flexibility index (Phi) is 5.74. The Morgan fingerprint density at radius 1 is 1.16 bits per heavy atom. The molecule has 2 aliphatic rings. The third-order valence-corrected chi connectivity index (χ3v) is 4.02. The lowest BCUT2D eigenvalue weighted by Crippen LogP contribution is -2.47. The van der Waals surface area contributed by atoms with Crippen LogP contribution in [0.1, 0.15) is 27.7 Å². The van der Waals surface area contributed by atoms with Crippen molar-refractivity contribution in [3.05, 3.63) is 0 Å². The van der Waals surface area contributed by atoms with Crippen LogP contribution in [0.25, 0.3) is 0 Å². The standard InChI is InChI=1S/C14H22O10S/c1-7(15)19-6-9(20-8(2)16)10-11(24-25(5,17)18)12-13(21-10)23-14(3,4)22-12/h9-13H,6H2,1-5H3/t9-,10+,11+,12-,13+/m1/s1. The molecule has 0 aliphatic carbocycles. The lowest BCUT2D eigenvalue weighted by atomic mass is 10.1. The summed E-state index contributed by atoms with van der Waals surface area (Å²) in [6.07, 6.45) is -4.18. The van der Waals surface area contributed by atoms with Gasteiger partial charge < -0.3 is 23.7 Å². The summed E-state index contributed by atoms with van der Waals surface area (Å²) in [5, 5.41) is 0. The summed E-state index contributed by atoms with van der Waals surface area (Å²) in [4.78, 5) is 22.4. The molecule has 2 saturated heterocycles. The van der Waals surface area contributed by atoms with Crippen molar-refractivity contribution in [2.24, 2.45) is 0 Å². The van der Waals surface area contributed by atoms with Gasteiger partial charge in [-0.05, 0) is 13.8 Å². The highest BCUT2D eigenvalue weighted by Crippen LogP contribution is 2.40. The number of hydrogen-bond donors (Lipinski definition) is 0. The van der Waals surface area contributed by atoms with E-state index in [0.29, 0.717) is 0 Å². The largest absolute Gasteiger partial charge is 0.462 e. The summed E-state index contributed by atoms with van der Waals surface area (Å²) in [6, 6.07) is 0. The molecule has 2 rings (SSSR count). The van der Waals surface area contributed by atoms with Crippen molar-refractivity contribution >= 4 is 22.1 Å². The third kappa shape index (κ3) is 5.35. The zero-order chi connectivity index (χ0) is 19.0. The Hall–Kier alpha value is -1.27. The third-order valence-electron chi connectivity index (χ3n) is 3.45. The maximum Gasteiger partial charge on any atom is 0.303 e. The normalized spacial score (nSPS) is 32.0. The van der Waals surface area contributed by atoms with Crippen molar-refractivity contribution in [2.75, 3.05) is 12.9 Å². The Balaban J connectivity index is 2.25. The molecule has 0 N–H and O–H groups in total. The number of carbonyl (C=O) groups excluding carboxylic acids is 2. The first-order valence-electron chi connectivity index (χ1n) is 7.58. The minimum atomic E-state index is -3.87. The SMILES string of the molecule is CC(=O)OC[C@@H](OC(C)=O)[C@@H]1O[C@H]2OC(C)(C)O[C@@H]2[C@H]1OS(C)(=O)=O. The monoisotopic (exact) mass is 382 g/mol. The molecular weight excluding hydrogens is 360 g/mol. The minimum Gasteiger partial charge on any atom is -0.462 e. The van der Waals surface area contributed by atoms with Crippen molar-refractivity contribution in [1.82, 2.24) is 0 Å². The van der Waals surface area contributed by atoms with Crippen LogP contribution in [0.4, 0.5) is 0 Å². The van der Waals surface area contributed by atoms with Gasteiger partial charge in [-0.15, -0.1) is 0 Å². The zero-order valence-corrected chi connectivity index (χ0v) is 15.4. The minimum absolute atomic E-state index is 0.327. The number of ether oxygens (including phenoxy) is 5. The zero-order valence-electron chi connectivity index (χ0n) is 14.6. The second kappa shape index (κ2) is 7.16. The van der Waals surface area contributed by atoms with Crippen LogP contribution in [0.5, 0.6) is 0 Å². The van der Waals surface area contributed by atoms with E-state index in [1.54, 1.807) is 13.8 Å². The maximum absolute atomic E-state index is 11.6. The predicted octanol–water partition coefficient (Wildman–Crippen LogP) is -0.298. The summed E-state index contributed by atoms with van der Waals surface area (Å²) in [5.74, 6) is -2.24. The van der Waals surface area contributed by atoms with E-state index in [4.69, 9.17) is 27.9 Å². The molecule has 0 aromatic rings. The molecule has 0 aromatic heterocycles. The van der Waals surface area contributed by atoms with Gasteiger partial charge in [-0.3, -0.25) is 13.8 Å². The molecule has 5 atom stereocenters. The maximum atomic E-state index is 11.6. The molecule has 0 aromatic carbocycles. The molecule has 0 saturated carbocycles. The Bertz CT molecular complexity index is 628. The Morgan fingerprint density at radius 3 is 2.32 bits per heavy atom.